The number of ether oxygens (including phenoxy) is 1. The van der Waals surface area contributed by atoms with Crippen LogP contribution in [-0.2, 0) is 32.2 Å². The van der Waals surface area contributed by atoms with Crippen LogP contribution in [-0.4, -0.2) is 50.6 Å². The molecule has 0 aliphatic carbocycles. The summed E-state index contributed by atoms with van der Waals surface area (Å²) in [5.74, 6) is 0.383. The number of alkyl halides is 2. The Kier molecular flexibility index (Phi) is 5.85. The number of H-pyrrole nitrogens is 1. The number of para-hydroxylation sites is 1. The third-order valence-corrected chi connectivity index (χ3v) is 7.13. The van der Waals surface area contributed by atoms with Crippen molar-refractivity contribution in [2.24, 2.45) is 0 Å². The predicted molar refractivity (Wildman–Crippen MR) is 104 cm³/mol. The number of nitrogens with zero attached hydrogens (tertiary/aromatic N) is 1. The Labute approximate surface area is 178 Å². The second-order valence-corrected chi connectivity index (χ2v) is 9.85. The normalized spacial score (nSPS) is 32.6. The highest BCUT2D eigenvalue weighted by Crippen LogP contribution is 2.56. The Balaban J connectivity index is 1.58. The number of aromatic amines is 1. The SMILES string of the molecule is O=c1ccn([C@@H]2O[C@@](COP3(=S)OCc4ccccc4O3)(C(F)F)[C@@H](O)[C@H]2O)c(=O)[nH]1. The van der Waals surface area contributed by atoms with Gasteiger partial charge in [0, 0.05) is 29.6 Å². The summed E-state index contributed by atoms with van der Waals surface area (Å²) in [5, 5.41) is 20.7. The van der Waals surface area contributed by atoms with Crippen molar-refractivity contribution in [3.8, 4) is 5.75 Å². The van der Waals surface area contributed by atoms with Gasteiger partial charge in [-0.2, -0.15) is 0 Å². The number of aliphatic hydroxyl groups excluding tert-OH is 2. The van der Waals surface area contributed by atoms with Crippen molar-refractivity contribution in [1.82, 2.24) is 9.55 Å². The van der Waals surface area contributed by atoms with Crippen LogP contribution >= 0.6 is 6.72 Å². The fraction of sp³-hybridized carbons (Fsp3) is 0.412. The minimum absolute atomic E-state index is 0.0383. The highest BCUT2D eigenvalue weighted by Gasteiger charge is 2.61. The van der Waals surface area contributed by atoms with Crippen LogP contribution in [0.15, 0.2) is 46.1 Å². The zero-order valence-corrected chi connectivity index (χ0v) is 17.3. The molecule has 1 saturated heterocycles. The van der Waals surface area contributed by atoms with E-state index >= 15 is 0 Å². The average Bonchev–Trinajstić information content (AvgIpc) is 2.98. The van der Waals surface area contributed by atoms with Gasteiger partial charge in [0.1, 0.15) is 18.0 Å². The van der Waals surface area contributed by atoms with Crippen molar-refractivity contribution in [3.63, 3.8) is 0 Å². The Morgan fingerprint density at radius 2 is 2.06 bits per heavy atom. The molecule has 31 heavy (non-hydrogen) atoms. The molecule has 168 valence electrons. The lowest BCUT2D eigenvalue weighted by Gasteiger charge is -2.34. The van der Waals surface area contributed by atoms with Crippen molar-refractivity contribution < 1.29 is 37.3 Å². The molecular formula is C17H17F2N2O8PS. The van der Waals surface area contributed by atoms with Crippen LogP contribution < -0.4 is 15.8 Å². The van der Waals surface area contributed by atoms with Crippen LogP contribution in [0.4, 0.5) is 8.78 Å². The number of halogens is 2. The number of benzene rings is 1. The van der Waals surface area contributed by atoms with E-state index in [0.717, 1.165) is 12.3 Å². The number of nitrogens with one attached hydrogen (secondary N) is 1. The van der Waals surface area contributed by atoms with Crippen molar-refractivity contribution in [1.29, 1.82) is 0 Å². The Hall–Kier alpha value is -1.99. The molecule has 3 heterocycles. The van der Waals surface area contributed by atoms with Crippen molar-refractivity contribution in [3.05, 3.63) is 62.9 Å². The minimum Gasteiger partial charge on any atom is -0.424 e. The summed E-state index contributed by atoms with van der Waals surface area (Å²) in [6.45, 7) is -4.47. The summed E-state index contributed by atoms with van der Waals surface area (Å²) in [5.41, 5.74) is -3.80. The lowest BCUT2D eigenvalue weighted by atomic mass is 9.96. The number of rotatable bonds is 5. The van der Waals surface area contributed by atoms with Gasteiger partial charge in [-0.15, -0.1) is 0 Å². The molecule has 1 fully saturated rings. The van der Waals surface area contributed by atoms with Crippen molar-refractivity contribution in [2.75, 3.05) is 6.61 Å². The standard InChI is InChI=1S/C17H17F2N2O8PS/c18-15(19)17(8-27-30(31)26-7-9-3-1-2-4-10(9)29-30)13(24)12(23)14(28-17)21-6-5-11(22)20-16(21)25/h1-6,12-15,23-24H,7-8H2,(H,20,22,25)/t12-,13+,14-,17-,30?/m1/s1. The van der Waals surface area contributed by atoms with Gasteiger partial charge in [-0.25, -0.2) is 13.6 Å². The number of hydrogen-bond donors (Lipinski definition) is 3. The maximum absolute atomic E-state index is 14.1. The zero-order chi connectivity index (χ0) is 22.4. The molecule has 4 rings (SSSR count). The monoisotopic (exact) mass is 478 g/mol. The van der Waals surface area contributed by atoms with E-state index in [-0.39, 0.29) is 6.61 Å². The van der Waals surface area contributed by atoms with Gasteiger partial charge in [-0.3, -0.25) is 23.4 Å². The summed E-state index contributed by atoms with van der Waals surface area (Å²) in [7, 11) is 0. The summed E-state index contributed by atoms with van der Waals surface area (Å²) in [6, 6.07) is 7.75. The van der Waals surface area contributed by atoms with Crippen LogP contribution in [0.5, 0.6) is 5.75 Å². The van der Waals surface area contributed by atoms with Gasteiger partial charge in [-0.05, 0) is 6.07 Å². The topological polar surface area (TPSA) is 132 Å². The largest absolute Gasteiger partial charge is 0.424 e. The van der Waals surface area contributed by atoms with E-state index in [1.54, 1.807) is 24.3 Å². The molecule has 2 aromatic rings. The van der Waals surface area contributed by atoms with Gasteiger partial charge in [0.15, 0.2) is 11.8 Å². The maximum Gasteiger partial charge on any atom is 0.381 e. The summed E-state index contributed by atoms with van der Waals surface area (Å²) in [6.07, 6.45) is -8.20. The minimum atomic E-state index is -3.52. The number of hydrogen-bond acceptors (Lipinski definition) is 9. The Morgan fingerprint density at radius 1 is 1.32 bits per heavy atom. The van der Waals surface area contributed by atoms with Crippen LogP contribution in [0.2, 0.25) is 0 Å². The van der Waals surface area contributed by atoms with Crippen LogP contribution in [0.1, 0.15) is 11.8 Å². The van der Waals surface area contributed by atoms with Gasteiger partial charge in [0.2, 0.25) is 0 Å². The van der Waals surface area contributed by atoms with E-state index in [1.165, 1.54) is 0 Å². The maximum atomic E-state index is 14.1. The fourth-order valence-corrected chi connectivity index (χ4v) is 5.09. The summed E-state index contributed by atoms with van der Waals surface area (Å²) >= 11 is 5.23. The number of aliphatic hydroxyl groups is 2. The van der Waals surface area contributed by atoms with E-state index in [1.807, 2.05) is 4.98 Å². The summed E-state index contributed by atoms with van der Waals surface area (Å²) < 4.78 is 50.5. The molecule has 1 unspecified atom stereocenters. The summed E-state index contributed by atoms with van der Waals surface area (Å²) in [4.78, 5) is 25.2. The molecule has 0 saturated carbocycles. The zero-order valence-electron chi connectivity index (χ0n) is 15.6. The molecule has 2 aliphatic heterocycles. The quantitative estimate of drug-likeness (QED) is 0.530. The van der Waals surface area contributed by atoms with Gasteiger partial charge < -0.3 is 19.5 Å². The third-order valence-electron chi connectivity index (χ3n) is 4.96. The van der Waals surface area contributed by atoms with Gasteiger partial charge in [0.05, 0.1) is 13.2 Å². The molecule has 5 atom stereocenters. The van der Waals surface area contributed by atoms with E-state index in [4.69, 9.17) is 30.1 Å². The average molecular weight is 478 g/mol. The molecule has 0 radical (unpaired) electrons. The second-order valence-electron chi connectivity index (χ2n) is 6.91. The third kappa shape index (κ3) is 3.98. The Morgan fingerprint density at radius 3 is 2.77 bits per heavy atom. The number of fused-ring (bicyclic) bond motifs is 1. The van der Waals surface area contributed by atoms with Crippen molar-refractivity contribution in [2.45, 2.75) is 37.1 Å². The lowest BCUT2D eigenvalue weighted by Crippen LogP contribution is -2.52. The molecule has 1 aromatic heterocycles. The van der Waals surface area contributed by atoms with E-state index in [2.05, 4.69) is 0 Å². The van der Waals surface area contributed by atoms with E-state index < -0.39 is 55.0 Å². The molecule has 0 amide bonds. The van der Waals surface area contributed by atoms with E-state index in [0.29, 0.717) is 15.9 Å². The van der Waals surface area contributed by atoms with Gasteiger partial charge >= 0.3 is 12.4 Å². The van der Waals surface area contributed by atoms with Crippen LogP contribution in [0.3, 0.4) is 0 Å². The molecule has 0 spiro atoms. The molecule has 3 N–H and O–H groups in total. The lowest BCUT2D eigenvalue weighted by molar-refractivity contribution is -0.193. The predicted octanol–water partition coefficient (Wildman–Crippen LogP) is 0.641. The highest BCUT2D eigenvalue weighted by molar-refractivity contribution is 8.07. The first-order chi connectivity index (χ1) is 14.7. The molecule has 10 nitrogen and oxygen atoms in total. The smallest absolute Gasteiger partial charge is 0.381 e. The molecule has 14 heteroatoms. The first-order valence-electron chi connectivity index (χ1n) is 8.95. The van der Waals surface area contributed by atoms with Gasteiger partial charge in [-0.1, -0.05) is 18.2 Å². The van der Waals surface area contributed by atoms with Crippen molar-refractivity contribution >= 4 is 18.5 Å². The Bertz CT molecular complexity index is 1140. The van der Waals surface area contributed by atoms with Crippen LogP contribution in [0.25, 0.3) is 0 Å². The van der Waals surface area contributed by atoms with Gasteiger partial charge in [0.25, 0.3) is 12.0 Å². The molecule has 2 aliphatic rings. The first kappa shape index (κ1) is 22.2. The van der Waals surface area contributed by atoms with Crippen LogP contribution in [0, 0.1) is 0 Å². The molecular weight excluding hydrogens is 461 g/mol. The molecule has 0 bridgehead atoms. The van der Waals surface area contributed by atoms with E-state index in [9.17, 15) is 28.6 Å². The fourth-order valence-electron chi connectivity index (χ4n) is 3.27. The molecule has 1 aromatic carbocycles. The highest BCUT2D eigenvalue weighted by atomic mass is 32.5. The first-order valence-corrected chi connectivity index (χ1v) is 11.5. The second kappa shape index (κ2) is 8.17. The number of aromatic nitrogens is 2.